The van der Waals surface area contributed by atoms with Crippen LogP contribution in [0.4, 0.5) is 11.4 Å². The number of nitrogens with one attached hydrogen (secondary N) is 3. The second-order valence-electron chi connectivity index (χ2n) is 6.16. The van der Waals surface area contributed by atoms with Crippen molar-refractivity contribution in [2.75, 3.05) is 10.6 Å². The molecular weight excluding hydrogens is 418 g/mol. The number of para-hydroxylation sites is 2. The third-order valence-electron chi connectivity index (χ3n) is 4.01. The molecule has 0 atom stereocenters. The van der Waals surface area contributed by atoms with E-state index in [9.17, 15) is 9.59 Å². The number of carbonyl (C=O) groups is 2. The SMILES string of the molecule is O=C(C=Cc1ccccc1Cl)NC(=S)Nc1ccccc1C(=O)Nc1ccccc1. The van der Waals surface area contributed by atoms with Gasteiger partial charge in [0.2, 0.25) is 5.91 Å². The molecule has 30 heavy (non-hydrogen) atoms. The third-order valence-corrected chi connectivity index (χ3v) is 4.56. The lowest BCUT2D eigenvalue weighted by Gasteiger charge is -2.13. The smallest absolute Gasteiger partial charge is 0.257 e. The molecule has 0 aromatic heterocycles. The Hall–Kier alpha value is -3.48. The van der Waals surface area contributed by atoms with Gasteiger partial charge in [0, 0.05) is 16.8 Å². The highest BCUT2D eigenvalue weighted by molar-refractivity contribution is 7.80. The first-order chi connectivity index (χ1) is 14.5. The van der Waals surface area contributed by atoms with Gasteiger partial charge in [-0.1, -0.05) is 60.1 Å². The lowest BCUT2D eigenvalue weighted by Crippen LogP contribution is -2.33. The Bertz CT molecular complexity index is 1100. The van der Waals surface area contributed by atoms with Crippen molar-refractivity contribution < 1.29 is 9.59 Å². The summed E-state index contributed by atoms with van der Waals surface area (Å²) in [6, 6.07) is 23.2. The van der Waals surface area contributed by atoms with Gasteiger partial charge in [0.25, 0.3) is 5.91 Å². The summed E-state index contributed by atoms with van der Waals surface area (Å²) in [5, 5.41) is 8.89. The van der Waals surface area contributed by atoms with E-state index in [-0.39, 0.29) is 11.0 Å². The number of hydrogen-bond donors (Lipinski definition) is 3. The standard InChI is InChI=1S/C23H18ClN3O2S/c24-19-12-6-4-8-16(19)14-15-21(28)27-23(30)26-20-13-7-5-11-18(20)22(29)25-17-9-2-1-3-10-17/h1-15H,(H,25,29)(H2,26,27,28,30). The molecule has 5 nitrogen and oxygen atoms in total. The molecule has 0 bridgehead atoms. The zero-order chi connectivity index (χ0) is 21.3. The van der Waals surface area contributed by atoms with Gasteiger partial charge in [-0.05, 0) is 54.2 Å². The molecule has 2 amide bonds. The highest BCUT2D eigenvalue weighted by atomic mass is 35.5. The molecule has 0 heterocycles. The Balaban J connectivity index is 1.63. The predicted molar refractivity (Wildman–Crippen MR) is 126 cm³/mol. The summed E-state index contributed by atoms with van der Waals surface area (Å²) >= 11 is 11.3. The number of rotatable bonds is 5. The van der Waals surface area contributed by atoms with Gasteiger partial charge in [-0.25, -0.2) is 0 Å². The van der Waals surface area contributed by atoms with Gasteiger partial charge >= 0.3 is 0 Å². The van der Waals surface area contributed by atoms with Gasteiger partial charge in [0.1, 0.15) is 0 Å². The normalized spacial score (nSPS) is 10.4. The molecule has 3 rings (SSSR count). The first kappa shape index (κ1) is 21.2. The molecule has 0 saturated heterocycles. The van der Waals surface area contributed by atoms with Crippen LogP contribution in [0.1, 0.15) is 15.9 Å². The lowest BCUT2D eigenvalue weighted by molar-refractivity contribution is -0.115. The summed E-state index contributed by atoms with van der Waals surface area (Å²) < 4.78 is 0. The Kier molecular flexibility index (Phi) is 7.32. The first-order valence-electron chi connectivity index (χ1n) is 9.03. The van der Waals surface area contributed by atoms with Crippen LogP contribution in [0.25, 0.3) is 6.08 Å². The van der Waals surface area contributed by atoms with E-state index in [1.807, 2.05) is 30.3 Å². The molecular formula is C23H18ClN3O2S. The van der Waals surface area contributed by atoms with E-state index in [2.05, 4.69) is 16.0 Å². The van der Waals surface area contributed by atoms with Crippen LogP contribution < -0.4 is 16.0 Å². The van der Waals surface area contributed by atoms with Crippen molar-refractivity contribution in [2.24, 2.45) is 0 Å². The first-order valence-corrected chi connectivity index (χ1v) is 9.81. The average molecular weight is 436 g/mol. The highest BCUT2D eigenvalue weighted by Crippen LogP contribution is 2.18. The van der Waals surface area contributed by atoms with Crippen molar-refractivity contribution in [1.29, 1.82) is 0 Å². The van der Waals surface area contributed by atoms with Crippen LogP contribution in [-0.2, 0) is 4.79 Å². The molecule has 0 spiro atoms. The van der Waals surface area contributed by atoms with Gasteiger partial charge < -0.3 is 10.6 Å². The lowest BCUT2D eigenvalue weighted by atomic mass is 10.1. The number of hydrogen-bond acceptors (Lipinski definition) is 3. The van der Waals surface area contributed by atoms with Crippen LogP contribution in [0.15, 0.2) is 84.9 Å². The zero-order valence-corrected chi connectivity index (χ0v) is 17.3. The third kappa shape index (κ3) is 6.01. The second-order valence-corrected chi connectivity index (χ2v) is 6.98. The van der Waals surface area contributed by atoms with E-state index in [4.69, 9.17) is 23.8 Å². The molecule has 3 aromatic rings. The van der Waals surface area contributed by atoms with Gasteiger partial charge in [-0.3, -0.25) is 14.9 Å². The van der Waals surface area contributed by atoms with E-state index in [0.717, 1.165) is 5.56 Å². The highest BCUT2D eigenvalue weighted by Gasteiger charge is 2.12. The molecule has 3 N–H and O–H groups in total. The minimum Gasteiger partial charge on any atom is -0.332 e. The maximum atomic E-state index is 12.6. The molecule has 0 unspecified atom stereocenters. The van der Waals surface area contributed by atoms with Gasteiger partial charge in [-0.15, -0.1) is 0 Å². The van der Waals surface area contributed by atoms with Gasteiger partial charge in [0.15, 0.2) is 5.11 Å². The van der Waals surface area contributed by atoms with Crippen LogP contribution in [-0.4, -0.2) is 16.9 Å². The number of anilines is 2. The zero-order valence-electron chi connectivity index (χ0n) is 15.8. The van der Waals surface area contributed by atoms with Crippen molar-refractivity contribution >= 4 is 58.2 Å². The molecule has 0 radical (unpaired) electrons. The van der Waals surface area contributed by atoms with E-state index in [0.29, 0.717) is 22.0 Å². The Morgan fingerprint density at radius 1 is 0.833 bits per heavy atom. The molecule has 0 aliphatic rings. The fraction of sp³-hybridized carbons (Fsp3) is 0. The van der Waals surface area contributed by atoms with Crippen LogP contribution >= 0.6 is 23.8 Å². The maximum absolute atomic E-state index is 12.6. The molecule has 0 aliphatic heterocycles. The molecule has 0 fully saturated rings. The minimum atomic E-state index is -0.418. The summed E-state index contributed by atoms with van der Waals surface area (Å²) in [6.07, 6.45) is 2.94. The average Bonchev–Trinajstić information content (AvgIpc) is 2.74. The number of amides is 2. The molecule has 3 aromatic carbocycles. The van der Waals surface area contributed by atoms with Crippen molar-refractivity contribution in [3.8, 4) is 0 Å². The van der Waals surface area contributed by atoms with E-state index in [1.165, 1.54) is 6.08 Å². The topological polar surface area (TPSA) is 70.2 Å². The molecule has 150 valence electrons. The fourth-order valence-corrected chi connectivity index (χ4v) is 3.00. The van der Waals surface area contributed by atoms with Crippen molar-refractivity contribution in [3.63, 3.8) is 0 Å². The minimum absolute atomic E-state index is 0.0729. The van der Waals surface area contributed by atoms with Gasteiger partial charge in [0.05, 0.1) is 11.3 Å². The van der Waals surface area contributed by atoms with Crippen LogP contribution in [0.5, 0.6) is 0 Å². The second kappa shape index (κ2) is 10.3. The van der Waals surface area contributed by atoms with Crippen molar-refractivity contribution in [1.82, 2.24) is 5.32 Å². The fourth-order valence-electron chi connectivity index (χ4n) is 2.59. The summed E-state index contributed by atoms with van der Waals surface area (Å²) in [5.41, 5.74) is 2.27. The quantitative estimate of drug-likeness (QED) is 0.384. The number of halogens is 1. The molecule has 0 saturated carbocycles. The van der Waals surface area contributed by atoms with E-state index >= 15 is 0 Å². The molecule has 0 aliphatic carbocycles. The van der Waals surface area contributed by atoms with Gasteiger partial charge in [-0.2, -0.15) is 0 Å². The summed E-state index contributed by atoms with van der Waals surface area (Å²) in [6.45, 7) is 0. The van der Waals surface area contributed by atoms with Crippen molar-refractivity contribution in [3.05, 3.63) is 101 Å². The summed E-state index contributed by atoms with van der Waals surface area (Å²) in [4.78, 5) is 24.8. The molecule has 7 heteroatoms. The number of thiocarbonyl (C=S) groups is 1. The maximum Gasteiger partial charge on any atom is 0.257 e. The number of benzene rings is 3. The Morgan fingerprint density at radius 3 is 2.27 bits per heavy atom. The summed E-state index contributed by atoms with van der Waals surface area (Å²) in [7, 11) is 0. The predicted octanol–water partition coefficient (Wildman–Crippen LogP) is 5.12. The Morgan fingerprint density at radius 2 is 1.50 bits per heavy atom. The number of carbonyl (C=O) groups excluding carboxylic acids is 2. The van der Waals surface area contributed by atoms with Crippen LogP contribution in [0.2, 0.25) is 5.02 Å². The monoisotopic (exact) mass is 435 g/mol. The largest absolute Gasteiger partial charge is 0.332 e. The summed E-state index contributed by atoms with van der Waals surface area (Å²) in [5.74, 6) is -0.712. The Labute approximate surface area is 184 Å². The van der Waals surface area contributed by atoms with Crippen LogP contribution in [0, 0.1) is 0 Å². The van der Waals surface area contributed by atoms with E-state index < -0.39 is 5.91 Å². The van der Waals surface area contributed by atoms with E-state index in [1.54, 1.807) is 54.6 Å². The van der Waals surface area contributed by atoms with Crippen LogP contribution in [0.3, 0.4) is 0 Å². The van der Waals surface area contributed by atoms with Crippen molar-refractivity contribution in [2.45, 2.75) is 0 Å².